The van der Waals surface area contributed by atoms with Crippen molar-refractivity contribution >= 4 is 11.8 Å². The van der Waals surface area contributed by atoms with Gasteiger partial charge in [-0.2, -0.15) is 13.2 Å². The molecule has 0 saturated heterocycles. The van der Waals surface area contributed by atoms with Gasteiger partial charge in [-0.05, 0) is 12.1 Å². The lowest BCUT2D eigenvalue weighted by atomic mass is 10.3. The van der Waals surface area contributed by atoms with Crippen LogP contribution in [0.1, 0.15) is 0 Å². The fourth-order valence-electron chi connectivity index (χ4n) is 0.902. The molecule has 0 bridgehead atoms. The van der Waals surface area contributed by atoms with Crippen molar-refractivity contribution in [3.63, 3.8) is 0 Å². The zero-order valence-corrected chi connectivity index (χ0v) is 8.64. The topological polar surface area (TPSA) is 78.7 Å². The Hall–Kier alpha value is -2.32. The van der Waals surface area contributed by atoms with Crippen LogP contribution in [0.5, 0.6) is 5.75 Å². The van der Waals surface area contributed by atoms with E-state index in [4.69, 9.17) is 0 Å². The van der Waals surface area contributed by atoms with Crippen LogP contribution in [0, 0.1) is 10.1 Å². The molecule has 0 aliphatic rings. The lowest BCUT2D eigenvalue weighted by Gasteiger charge is -2.07. The van der Waals surface area contributed by atoms with Gasteiger partial charge in [0, 0.05) is 12.1 Å². The van der Waals surface area contributed by atoms with E-state index in [0.29, 0.717) is 0 Å². The molecule has 0 saturated carbocycles. The van der Waals surface area contributed by atoms with Crippen LogP contribution < -0.4 is 4.74 Å². The maximum Gasteiger partial charge on any atom is 0.514 e. The van der Waals surface area contributed by atoms with Crippen molar-refractivity contribution in [3.05, 3.63) is 34.4 Å². The van der Waals surface area contributed by atoms with E-state index in [1.54, 1.807) is 0 Å². The molecule has 0 aromatic heterocycles. The summed E-state index contributed by atoms with van der Waals surface area (Å²) in [5.41, 5.74) is -0.244. The van der Waals surface area contributed by atoms with Gasteiger partial charge in [0.1, 0.15) is 5.75 Å². The number of hydrogen-bond acceptors (Lipinski definition) is 5. The fraction of sp³-hybridized carbons (Fsp3) is 0.222. The number of carbonyl (C=O) groups is 1. The molecule has 1 rings (SSSR count). The van der Waals surface area contributed by atoms with Crippen molar-refractivity contribution in [1.82, 2.24) is 0 Å². The molecule has 0 fully saturated rings. The number of hydrogen-bond donors (Lipinski definition) is 0. The molecule has 0 amide bonds. The molecule has 0 aliphatic carbocycles. The Bertz CT molecular complexity index is 443. The van der Waals surface area contributed by atoms with Crippen LogP contribution in [-0.2, 0) is 4.74 Å². The first-order chi connectivity index (χ1) is 8.28. The summed E-state index contributed by atoms with van der Waals surface area (Å²) in [5.74, 6) is -0.159. The van der Waals surface area contributed by atoms with Gasteiger partial charge in [-0.1, -0.05) is 0 Å². The van der Waals surface area contributed by atoms with Gasteiger partial charge < -0.3 is 9.47 Å². The highest BCUT2D eigenvalue weighted by molar-refractivity contribution is 5.64. The molecule has 0 N–H and O–H groups in total. The second-order valence-corrected chi connectivity index (χ2v) is 3.01. The predicted molar refractivity (Wildman–Crippen MR) is 51.1 cm³/mol. The highest BCUT2D eigenvalue weighted by Crippen LogP contribution is 2.19. The second-order valence-electron chi connectivity index (χ2n) is 3.01. The van der Waals surface area contributed by atoms with Gasteiger partial charge in [0.05, 0.1) is 4.92 Å². The number of nitro groups is 1. The Morgan fingerprint density at radius 1 is 1.28 bits per heavy atom. The van der Waals surface area contributed by atoms with Gasteiger partial charge in [-0.25, -0.2) is 4.79 Å². The largest absolute Gasteiger partial charge is 0.514 e. The lowest BCUT2D eigenvalue weighted by molar-refractivity contribution is -0.384. The smallest absolute Gasteiger partial charge is 0.424 e. The van der Waals surface area contributed by atoms with Gasteiger partial charge in [-0.15, -0.1) is 0 Å². The van der Waals surface area contributed by atoms with Crippen LogP contribution in [0.3, 0.4) is 0 Å². The van der Waals surface area contributed by atoms with Crippen LogP contribution >= 0.6 is 0 Å². The van der Waals surface area contributed by atoms with Gasteiger partial charge in [0.2, 0.25) is 0 Å². The quantitative estimate of drug-likeness (QED) is 0.363. The fourth-order valence-corrected chi connectivity index (χ4v) is 0.902. The third-order valence-corrected chi connectivity index (χ3v) is 1.60. The molecule has 0 radical (unpaired) electrons. The average molecular weight is 265 g/mol. The summed E-state index contributed by atoms with van der Waals surface area (Å²) in [7, 11) is 0. The molecule has 0 atom stereocenters. The molecule has 9 heteroatoms. The maximum atomic E-state index is 11.7. The van der Waals surface area contributed by atoms with Crippen LogP contribution in [0.2, 0.25) is 0 Å². The van der Waals surface area contributed by atoms with Crippen molar-refractivity contribution in [1.29, 1.82) is 0 Å². The van der Waals surface area contributed by atoms with E-state index in [1.165, 1.54) is 0 Å². The number of non-ortho nitro benzene ring substituents is 1. The normalized spacial score (nSPS) is 10.8. The summed E-state index contributed by atoms with van der Waals surface area (Å²) in [4.78, 5) is 20.4. The Morgan fingerprint density at radius 3 is 2.28 bits per heavy atom. The third kappa shape index (κ3) is 4.68. The van der Waals surface area contributed by atoms with Crippen LogP contribution in [0.25, 0.3) is 0 Å². The molecule has 0 aliphatic heterocycles. The van der Waals surface area contributed by atoms with Gasteiger partial charge in [0.25, 0.3) is 5.69 Å². The summed E-state index contributed by atoms with van der Waals surface area (Å²) in [6.45, 7) is -1.77. The number of alkyl halides is 3. The third-order valence-electron chi connectivity index (χ3n) is 1.60. The Labute approximate surface area is 98.1 Å². The molecule has 6 nitrogen and oxygen atoms in total. The Morgan fingerprint density at radius 2 is 1.83 bits per heavy atom. The average Bonchev–Trinajstić information content (AvgIpc) is 2.26. The van der Waals surface area contributed by atoms with Gasteiger partial charge in [0.15, 0.2) is 6.61 Å². The molecular formula is C9H6F3NO5. The first kappa shape index (κ1) is 13.7. The SMILES string of the molecule is O=C(OCC(F)(F)F)Oc1ccc([N+](=O)[O-])cc1. The number of carbonyl (C=O) groups excluding carboxylic acids is 1. The molecule has 1 aromatic carbocycles. The first-order valence-electron chi connectivity index (χ1n) is 4.44. The van der Waals surface area contributed by atoms with Crippen molar-refractivity contribution in [2.24, 2.45) is 0 Å². The number of halogens is 3. The second kappa shape index (κ2) is 5.34. The number of nitro benzene ring substituents is 1. The summed E-state index contributed by atoms with van der Waals surface area (Å²) >= 11 is 0. The van der Waals surface area contributed by atoms with Crippen LogP contribution in [0.15, 0.2) is 24.3 Å². The summed E-state index contributed by atoms with van der Waals surface area (Å²) < 4.78 is 43.2. The van der Waals surface area contributed by atoms with Crippen molar-refractivity contribution in [3.8, 4) is 5.75 Å². The minimum absolute atomic E-state index is 0.159. The summed E-state index contributed by atoms with van der Waals surface area (Å²) in [5, 5.41) is 10.3. The highest BCUT2D eigenvalue weighted by Gasteiger charge is 2.30. The summed E-state index contributed by atoms with van der Waals surface area (Å²) in [6, 6.07) is 4.19. The predicted octanol–water partition coefficient (Wildman–Crippen LogP) is 2.67. The monoisotopic (exact) mass is 265 g/mol. The molecule has 0 unspecified atom stereocenters. The number of benzene rings is 1. The van der Waals surface area contributed by atoms with Crippen molar-refractivity contribution in [2.45, 2.75) is 6.18 Å². The first-order valence-corrected chi connectivity index (χ1v) is 4.44. The zero-order valence-electron chi connectivity index (χ0n) is 8.64. The van der Waals surface area contributed by atoms with E-state index in [1.807, 2.05) is 0 Å². The van der Waals surface area contributed by atoms with E-state index in [2.05, 4.69) is 9.47 Å². The van der Waals surface area contributed by atoms with Crippen molar-refractivity contribution in [2.75, 3.05) is 6.61 Å². The van der Waals surface area contributed by atoms with Crippen LogP contribution in [-0.4, -0.2) is 23.9 Å². The summed E-state index contributed by atoms with van der Waals surface area (Å²) in [6.07, 6.45) is -6.18. The molecule has 0 spiro atoms. The molecule has 0 heterocycles. The zero-order chi connectivity index (χ0) is 13.8. The Balaban J connectivity index is 2.52. The molecular weight excluding hydrogens is 259 g/mol. The minimum Gasteiger partial charge on any atom is -0.424 e. The molecule has 1 aromatic rings. The number of rotatable bonds is 3. The van der Waals surface area contributed by atoms with Gasteiger partial charge in [-0.3, -0.25) is 10.1 Å². The lowest BCUT2D eigenvalue weighted by Crippen LogP contribution is -2.22. The van der Waals surface area contributed by atoms with E-state index in [-0.39, 0.29) is 11.4 Å². The van der Waals surface area contributed by atoms with Crippen LogP contribution in [0.4, 0.5) is 23.7 Å². The number of nitrogens with zero attached hydrogens (tertiary/aromatic N) is 1. The molecule has 98 valence electrons. The Kier molecular flexibility index (Phi) is 4.08. The van der Waals surface area contributed by atoms with Gasteiger partial charge >= 0.3 is 12.3 Å². The standard InChI is InChI=1S/C9H6F3NO5/c10-9(11,12)5-17-8(14)18-7-3-1-6(2-4-7)13(15)16/h1-4H,5H2. The van der Waals surface area contributed by atoms with E-state index in [9.17, 15) is 28.1 Å². The van der Waals surface area contributed by atoms with Crippen molar-refractivity contribution < 1.29 is 32.4 Å². The minimum atomic E-state index is -4.64. The highest BCUT2D eigenvalue weighted by atomic mass is 19.4. The maximum absolute atomic E-state index is 11.7. The number of ether oxygens (including phenoxy) is 2. The molecule has 18 heavy (non-hydrogen) atoms. The van der Waals surface area contributed by atoms with E-state index in [0.717, 1.165) is 24.3 Å². The van der Waals surface area contributed by atoms with E-state index >= 15 is 0 Å². The van der Waals surface area contributed by atoms with E-state index < -0.39 is 23.9 Å².